The molecule has 2 aromatic carbocycles. The highest BCUT2D eigenvalue weighted by molar-refractivity contribution is 6.09. The van der Waals surface area contributed by atoms with Gasteiger partial charge in [-0.2, -0.15) is 0 Å². The van der Waals surface area contributed by atoms with Gasteiger partial charge in [-0.15, -0.1) is 0 Å². The fourth-order valence-corrected chi connectivity index (χ4v) is 3.57. The van der Waals surface area contributed by atoms with Crippen molar-refractivity contribution in [3.05, 3.63) is 65.5 Å². The van der Waals surface area contributed by atoms with E-state index in [9.17, 15) is 14.0 Å². The second kappa shape index (κ2) is 8.33. The van der Waals surface area contributed by atoms with Crippen LogP contribution in [-0.4, -0.2) is 36.3 Å². The van der Waals surface area contributed by atoms with Crippen LogP contribution in [0.3, 0.4) is 0 Å². The van der Waals surface area contributed by atoms with Gasteiger partial charge in [-0.1, -0.05) is 13.8 Å². The van der Waals surface area contributed by atoms with E-state index in [1.165, 1.54) is 24.3 Å². The van der Waals surface area contributed by atoms with Crippen LogP contribution in [0, 0.1) is 17.7 Å². The van der Waals surface area contributed by atoms with Crippen LogP contribution >= 0.6 is 0 Å². The maximum absolute atomic E-state index is 13.0. The first-order valence-electron chi connectivity index (χ1n) is 9.23. The zero-order chi connectivity index (χ0) is 19.4. The molecule has 0 N–H and O–H groups in total. The highest BCUT2D eigenvalue weighted by Crippen LogP contribution is 2.21. The van der Waals surface area contributed by atoms with Crippen LogP contribution in [0.15, 0.2) is 48.5 Å². The number of piperidine rings is 1. The molecule has 0 saturated carbocycles. The topological polar surface area (TPSA) is 46.6 Å². The smallest absolute Gasteiger partial charge is 0.260 e. The van der Waals surface area contributed by atoms with Gasteiger partial charge in [-0.3, -0.25) is 9.59 Å². The van der Waals surface area contributed by atoms with Crippen molar-refractivity contribution in [1.29, 1.82) is 0 Å². The van der Waals surface area contributed by atoms with Gasteiger partial charge in [0.1, 0.15) is 11.6 Å². The largest absolute Gasteiger partial charge is 0.484 e. The first-order chi connectivity index (χ1) is 12.9. The van der Waals surface area contributed by atoms with Crippen LogP contribution in [-0.2, 0) is 4.79 Å². The molecule has 4 nitrogen and oxygen atoms in total. The number of nitrogens with zero attached hydrogens (tertiary/aromatic N) is 1. The number of carbonyl (C=O) groups is 2. The number of carbonyl (C=O) groups excluding carboxylic acids is 2. The molecule has 5 heteroatoms. The minimum Gasteiger partial charge on any atom is -0.484 e. The van der Waals surface area contributed by atoms with Gasteiger partial charge in [0, 0.05) is 24.2 Å². The molecule has 0 spiro atoms. The second-order valence-electron chi connectivity index (χ2n) is 7.39. The van der Waals surface area contributed by atoms with E-state index in [1.54, 1.807) is 24.3 Å². The van der Waals surface area contributed by atoms with Gasteiger partial charge >= 0.3 is 0 Å². The quantitative estimate of drug-likeness (QED) is 0.750. The Kier molecular flexibility index (Phi) is 5.89. The normalized spacial score (nSPS) is 19.6. The van der Waals surface area contributed by atoms with Gasteiger partial charge in [0.2, 0.25) is 0 Å². The maximum Gasteiger partial charge on any atom is 0.260 e. The van der Waals surface area contributed by atoms with E-state index in [0.29, 0.717) is 28.7 Å². The molecule has 0 aliphatic carbocycles. The molecule has 0 aromatic heterocycles. The third-order valence-electron chi connectivity index (χ3n) is 4.81. The van der Waals surface area contributed by atoms with Gasteiger partial charge in [0.05, 0.1) is 0 Å². The summed E-state index contributed by atoms with van der Waals surface area (Å²) in [5, 5.41) is 0. The lowest BCUT2D eigenvalue weighted by Crippen LogP contribution is -2.44. The second-order valence-corrected chi connectivity index (χ2v) is 7.39. The summed E-state index contributed by atoms with van der Waals surface area (Å²) < 4.78 is 18.6. The van der Waals surface area contributed by atoms with Crippen LogP contribution in [0.4, 0.5) is 4.39 Å². The Morgan fingerprint density at radius 2 is 1.48 bits per heavy atom. The van der Waals surface area contributed by atoms with Gasteiger partial charge < -0.3 is 9.64 Å². The van der Waals surface area contributed by atoms with E-state index >= 15 is 0 Å². The fourth-order valence-electron chi connectivity index (χ4n) is 3.57. The van der Waals surface area contributed by atoms with E-state index in [-0.39, 0.29) is 24.1 Å². The predicted octanol–water partition coefficient (Wildman–Crippen LogP) is 3.94. The summed E-state index contributed by atoms with van der Waals surface area (Å²) in [4.78, 5) is 26.6. The van der Waals surface area contributed by atoms with Gasteiger partial charge in [0.15, 0.2) is 12.4 Å². The molecule has 1 fully saturated rings. The predicted molar refractivity (Wildman–Crippen MR) is 101 cm³/mol. The van der Waals surface area contributed by atoms with Crippen molar-refractivity contribution in [2.24, 2.45) is 11.8 Å². The van der Waals surface area contributed by atoms with Crippen molar-refractivity contribution >= 4 is 11.7 Å². The fraction of sp³-hybridized carbons (Fsp3) is 0.364. The third kappa shape index (κ3) is 4.94. The van der Waals surface area contributed by atoms with E-state index in [4.69, 9.17) is 4.74 Å². The lowest BCUT2D eigenvalue weighted by Gasteiger charge is -2.34. The standard InChI is InChI=1S/C22H24FNO3/c1-15-11-16(2)13-24(12-15)21(25)14-27-20-9-5-18(6-10-20)22(26)17-3-7-19(23)8-4-17/h3-10,15-16H,11-14H2,1-2H3/t15-,16-/m0/s1. The Labute approximate surface area is 158 Å². The van der Waals surface area contributed by atoms with Crippen molar-refractivity contribution in [2.75, 3.05) is 19.7 Å². The van der Waals surface area contributed by atoms with Crippen LogP contribution in [0.2, 0.25) is 0 Å². The van der Waals surface area contributed by atoms with Crippen molar-refractivity contribution in [3.63, 3.8) is 0 Å². The monoisotopic (exact) mass is 369 g/mol. The Morgan fingerprint density at radius 3 is 2.04 bits per heavy atom. The summed E-state index contributed by atoms with van der Waals surface area (Å²) in [5.41, 5.74) is 0.910. The first kappa shape index (κ1) is 19.1. The van der Waals surface area contributed by atoms with Gasteiger partial charge in [-0.25, -0.2) is 4.39 Å². The van der Waals surface area contributed by atoms with Crippen LogP contribution in [0.5, 0.6) is 5.75 Å². The van der Waals surface area contributed by atoms with Crippen LogP contribution in [0.25, 0.3) is 0 Å². The zero-order valence-corrected chi connectivity index (χ0v) is 15.7. The zero-order valence-electron chi connectivity index (χ0n) is 15.7. The molecule has 27 heavy (non-hydrogen) atoms. The number of hydrogen-bond donors (Lipinski definition) is 0. The number of ether oxygens (including phenoxy) is 1. The number of rotatable bonds is 5. The highest BCUT2D eigenvalue weighted by Gasteiger charge is 2.25. The average molecular weight is 369 g/mol. The Balaban J connectivity index is 1.57. The van der Waals surface area contributed by atoms with Crippen molar-refractivity contribution in [2.45, 2.75) is 20.3 Å². The Morgan fingerprint density at radius 1 is 0.963 bits per heavy atom. The third-order valence-corrected chi connectivity index (χ3v) is 4.81. The van der Waals surface area contributed by atoms with Crippen LogP contribution < -0.4 is 4.74 Å². The Hall–Kier alpha value is -2.69. The molecular formula is C22H24FNO3. The number of ketones is 1. The van der Waals surface area contributed by atoms with E-state index < -0.39 is 0 Å². The summed E-state index contributed by atoms with van der Waals surface area (Å²) in [5.74, 6) is 0.979. The molecule has 0 bridgehead atoms. The molecule has 0 radical (unpaired) electrons. The summed E-state index contributed by atoms with van der Waals surface area (Å²) >= 11 is 0. The number of likely N-dealkylation sites (tertiary alicyclic amines) is 1. The van der Waals surface area contributed by atoms with Gasteiger partial charge in [-0.05, 0) is 66.8 Å². The van der Waals surface area contributed by atoms with Crippen molar-refractivity contribution in [3.8, 4) is 5.75 Å². The molecule has 2 aromatic rings. The van der Waals surface area contributed by atoms with Crippen molar-refractivity contribution in [1.82, 2.24) is 4.90 Å². The lowest BCUT2D eigenvalue weighted by atomic mass is 9.92. The number of hydrogen-bond acceptors (Lipinski definition) is 3. The molecule has 1 aliphatic rings. The van der Waals surface area contributed by atoms with E-state index in [0.717, 1.165) is 19.5 Å². The molecule has 1 aliphatic heterocycles. The van der Waals surface area contributed by atoms with E-state index in [1.807, 2.05) is 4.90 Å². The molecule has 0 unspecified atom stereocenters. The first-order valence-corrected chi connectivity index (χ1v) is 9.23. The van der Waals surface area contributed by atoms with Gasteiger partial charge in [0.25, 0.3) is 5.91 Å². The van der Waals surface area contributed by atoms with Crippen LogP contribution in [0.1, 0.15) is 36.2 Å². The summed E-state index contributed by atoms with van der Waals surface area (Å²) in [6.07, 6.45) is 1.15. The SMILES string of the molecule is C[C@H]1C[C@H](C)CN(C(=O)COc2ccc(C(=O)c3ccc(F)cc3)cc2)C1. The lowest BCUT2D eigenvalue weighted by molar-refractivity contribution is -0.136. The number of halogens is 1. The maximum atomic E-state index is 13.0. The number of amides is 1. The molecular weight excluding hydrogens is 345 g/mol. The Bertz CT molecular complexity index is 791. The molecule has 142 valence electrons. The average Bonchev–Trinajstić information content (AvgIpc) is 2.66. The summed E-state index contributed by atoms with van der Waals surface area (Å²) in [7, 11) is 0. The highest BCUT2D eigenvalue weighted by atomic mass is 19.1. The molecule has 1 amide bonds. The minimum absolute atomic E-state index is 0.00923. The van der Waals surface area contributed by atoms with E-state index in [2.05, 4.69) is 13.8 Å². The summed E-state index contributed by atoms with van der Waals surface area (Å²) in [6.45, 7) is 5.86. The summed E-state index contributed by atoms with van der Waals surface area (Å²) in [6, 6.07) is 12.1. The molecule has 1 heterocycles. The molecule has 2 atom stereocenters. The molecule has 3 rings (SSSR count). The molecule has 1 saturated heterocycles. The number of benzene rings is 2. The minimum atomic E-state index is -0.377. The van der Waals surface area contributed by atoms with Crippen molar-refractivity contribution < 1.29 is 18.7 Å².